The molecule has 1 saturated carbocycles. The Balaban J connectivity index is 1.16. The first-order valence-corrected chi connectivity index (χ1v) is 13.3. The van der Waals surface area contributed by atoms with Crippen molar-refractivity contribution in [3.8, 4) is 11.3 Å². The fourth-order valence-corrected chi connectivity index (χ4v) is 5.72. The average Bonchev–Trinajstić information content (AvgIpc) is 3.41. The number of ether oxygens (including phenoxy) is 1. The quantitative estimate of drug-likeness (QED) is 0.360. The predicted octanol–water partition coefficient (Wildman–Crippen LogP) is 3.42. The number of halogens is 1. The van der Waals surface area contributed by atoms with Crippen molar-refractivity contribution in [2.45, 2.75) is 25.3 Å². The van der Waals surface area contributed by atoms with Crippen LogP contribution in [-0.2, 0) is 4.74 Å². The van der Waals surface area contributed by atoms with Crippen LogP contribution in [0.1, 0.15) is 41.5 Å². The normalized spacial score (nSPS) is 20.0. The highest BCUT2D eigenvalue weighted by atomic mass is 19.1. The molecule has 1 atom stereocenters. The summed E-state index contributed by atoms with van der Waals surface area (Å²) >= 11 is 0. The number of hydrogen-bond donors (Lipinski definition) is 3. The first-order chi connectivity index (χ1) is 19.0. The number of carbonyl (C=O) groups excluding carboxylic acids is 1. The molecule has 0 bridgehead atoms. The first-order valence-electron chi connectivity index (χ1n) is 13.3. The number of imidazole rings is 1. The van der Waals surface area contributed by atoms with Gasteiger partial charge in [-0.1, -0.05) is 0 Å². The van der Waals surface area contributed by atoms with Gasteiger partial charge >= 0.3 is 0 Å². The second-order valence-corrected chi connectivity index (χ2v) is 10.6. The van der Waals surface area contributed by atoms with Crippen molar-refractivity contribution < 1.29 is 13.9 Å². The molecule has 2 aliphatic heterocycles. The van der Waals surface area contributed by atoms with Gasteiger partial charge in [-0.3, -0.25) is 9.20 Å². The minimum atomic E-state index is -0.564. The molecule has 0 unspecified atom stereocenters. The zero-order chi connectivity index (χ0) is 26.6. The first kappa shape index (κ1) is 24.0. The molecule has 1 aliphatic carbocycles. The number of nitrogen functional groups attached to an aromatic ring is 1. The minimum absolute atomic E-state index is 0.0596. The lowest BCUT2D eigenvalue weighted by atomic mass is 10.0. The van der Waals surface area contributed by atoms with Crippen molar-refractivity contribution in [3.05, 3.63) is 66.1 Å². The van der Waals surface area contributed by atoms with E-state index in [0.29, 0.717) is 35.7 Å². The fraction of sp³-hybridized carbons (Fsp3) is 0.357. The van der Waals surface area contributed by atoms with Gasteiger partial charge < -0.3 is 26.0 Å². The van der Waals surface area contributed by atoms with Gasteiger partial charge in [0.05, 0.1) is 19.3 Å². The highest BCUT2D eigenvalue weighted by molar-refractivity contribution is 6.04. The maximum atomic E-state index is 15.6. The van der Waals surface area contributed by atoms with E-state index >= 15 is 4.39 Å². The molecule has 11 heteroatoms. The van der Waals surface area contributed by atoms with E-state index in [1.807, 2.05) is 22.7 Å². The van der Waals surface area contributed by atoms with E-state index in [-0.39, 0.29) is 23.0 Å². The maximum Gasteiger partial charge on any atom is 0.256 e. The number of pyridine rings is 1. The lowest BCUT2D eigenvalue weighted by Crippen LogP contribution is -2.36. The van der Waals surface area contributed by atoms with E-state index in [0.717, 1.165) is 37.6 Å². The molecule has 3 fully saturated rings. The van der Waals surface area contributed by atoms with E-state index < -0.39 is 11.7 Å². The maximum absolute atomic E-state index is 15.6. The molecule has 7 rings (SSSR count). The summed E-state index contributed by atoms with van der Waals surface area (Å²) in [4.78, 5) is 28.5. The molecule has 3 aromatic heterocycles. The van der Waals surface area contributed by atoms with Crippen LogP contribution in [-0.4, -0.2) is 58.1 Å². The number of amides is 1. The number of nitrogens with one attached hydrogen (secondary N) is 2. The molecule has 39 heavy (non-hydrogen) atoms. The number of morpholine rings is 1. The van der Waals surface area contributed by atoms with Gasteiger partial charge in [-0.25, -0.2) is 19.3 Å². The summed E-state index contributed by atoms with van der Waals surface area (Å²) in [6.45, 7) is 3.81. The second-order valence-electron chi connectivity index (χ2n) is 10.6. The monoisotopic (exact) mass is 528 g/mol. The third-order valence-corrected chi connectivity index (χ3v) is 8.09. The predicted molar refractivity (Wildman–Crippen MR) is 145 cm³/mol. The van der Waals surface area contributed by atoms with E-state index in [4.69, 9.17) is 15.5 Å². The second kappa shape index (κ2) is 9.28. The SMILES string of the molecule is Nc1nccn2c([C@@H]3CC4(CC4)CN3)nc(-c3ccc(C(=O)Nc4cc(N5CCOCC5)ccn4)cc3F)c12. The molecular formula is C28H29FN8O2. The van der Waals surface area contributed by atoms with Crippen LogP contribution in [0, 0.1) is 11.2 Å². The lowest BCUT2D eigenvalue weighted by molar-refractivity contribution is 0.102. The summed E-state index contributed by atoms with van der Waals surface area (Å²) in [6.07, 6.45) is 8.54. The molecule has 200 valence electrons. The Morgan fingerprint density at radius 2 is 2.00 bits per heavy atom. The number of nitrogens with two attached hydrogens (primary N) is 1. The summed E-state index contributed by atoms with van der Waals surface area (Å²) in [5, 5.41) is 6.37. The number of aromatic nitrogens is 4. The number of nitrogens with zero attached hydrogens (tertiary/aromatic N) is 5. The number of benzene rings is 1. The van der Waals surface area contributed by atoms with Crippen LogP contribution in [0.5, 0.6) is 0 Å². The summed E-state index contributed by atoms with van der Waals surface area (Å²) in [6, 6.07) is 8.15. The van der Waals surface area contributed by atoms with E-state index in [9.17, 15) is 4.79 Å². The smallest absolute Gasteiger partial charge is 0.256 e. The van der Waals surface area contributed by atoms with Crippen LogP contribution < -0.4 is 21.3 Å². The average molecular weight is 529 g/mol. The molecular weight excluding hydrogens is 499 g/mol. The van der Waals surface area contributed by atoms with Crippen LogP contribution >= 0.6 is 0 Å². The number of carbonyl (C=O) groups is 1. The highest BCUT2D eigenvalue weighted by Crippen LogP contribution is 2.55. The number of anilines is 3. The Labute approximate surface area is 224 Å². The van der Waals surface area contributed by atoms with Crippen molar-refractivity contribution in [2.75, 3.05) is 48.8 Å². The Morgan fingerprint density at radius 3 is 2.77 bits per heavy atom. The lowest BCUT2D eigenvalue weighted by Gasteiger charge is -2.28. The van der Waals surface area contributed by atoms with E-state index in [1.54, 1.807) is 24.5 Å². The third kappa shape index (κ3) is 4.37. The van der Waals surface area contributed by atoms with Gasteiger partial charge in [0.1, 0.15) is 34.5 Å². The molecule has 0 radical (unpaired) electrons. The van der Waals surface area contributed by atoms with Gasteiger partial charge in [0.25, 0.3) is 5.91 Å². The van der Waals surface area contributed by atoms with Crippen LogP contribution in [0.4, 0.5) is 21.7 Å². The highest BCUT2D eigenvalue weighted by Gasteiger charge is 2.49. The molecule has 5 heterocycles. The Kier molecular flexibility index (Phi) is 5.71. The van der Waals surface area contributed by atoms with Crippen molar-refractivity contribution in [1.29, 1.82) is 0 Å². The van der Waals surface area contributed by atoms with Crippen molar-refractivity contribution in [3.63, 3.8) is 0 Å². The van der Waals surface area contributed by atoms with Crippen molar-refractivity contribution in [2.24, 2.45) is 5.41 Å². The summed E-state index contributed by atoms with van der Waals surface area (Å²) in [5.41, 5.74) is 8.99. The Bertz CT molecular complexity index is 1580. The van der Waals surface area contributed by atoms with Crippen molar-refractivity contribution >= 4 is 28.7 Å². The van der Waals surface area contributed by atoms with Gasteiger partial charge in [0, 0.05) is 61.1 Å². The number of fused-ring (bicyclic) bond motifs is 1. The van der Waals surface area contributed by atoms with Gasteiger partial charge in [-0.05, 0) is 48.9 Å². The molecule has 1 aromatic carbocycles. The van der Waals surface area contributed by atoms with E-state index in [2.05, 4.69) is 25.5 Å². The largest absolute Gasteiger partial charge is 0.382 e. The molecule has 10 nitrogen and oxygen atoms in total. The fourth-order valence-electron chi connectivity index (χ4n) is 5.72. The van der Waals surface area contributed by atoms with Gasteiger partial charge in [0.15, 0.2) is 0 Å². The summed E-state index contributed by atoms with van der Waals surface area (Å²) < 4.78 is 22.9. The minimum Gasteiger partial charge on any atom is -0.382 e. The van der Waals surface area contributed by atoms with Crippen LogP contribution in [0.15, 0.2) is 48.9 Å². The van der Waals surface area contributed by atoms with Crippen molar-refractivity contribution in [1.82, 2.24) is 24.7 Å². The van der Waals surface area contributed by atoms with Crippen LogP contribution in [0.3, 0.4) is 0 Å². The molecule has 3 aliphatic rings. The molecule has 4 aromatic rings. The number of hydrogen-bond acceptors (Lipinski definition) is 8. The zero-order valence-electron chi connectivity index (χ0n) is 21.4. The topological polar surface area (TPSA) is 123 Å². The van der Waals surface area contributed by atoms with Gasteiger partial charge in [0.2, 0.25) is 0 Å². The molecule has 2 saturated heterocycles. The Morgan fingerprint density at radius 1 is 1.15 bits per heavy atom. The van der Waals surface area contributed by atoms with Crippen LogP contribution in [0.2, 0.25) is 0 Å². The van der Waals surface area contributed by atoms with Gasteiger partial charge in [-0.15, -0.1) is 0 Å². The molecule has 4 N–H and O–H groups in total. The Hall–Kier alpha value is -4.09. The van der Waals surface area contributed by atoms with Gasteiger partial charge in [-0.2, -0.15) is 0 Å². The standard InChI is InChI=1S/C28H29FN8O2/c29-20-13-17(27(38)34-22-14-18(3-6-31-22)36-9-11-39-12-10-36)1-2-19(20)23-24-25(30)32-7-8-37(24)26(35-23)21-15-28(4-5-28)16-33-21/h1-3,6-8,13-14,21,33H,4-5,9-12,15-16H2,(H2,30,32)(H,31,34,38)/t21-/m0/s1. The zero-order valence-corrected chi connectivity index (χ0v) is 21.4. The third-order valence-electron chi connectivity index (χ3n) is 8.09. The number of rotatable bonds is 5. The van der Waals surface area contributed by atoms with Crippen LogP contribution in [0.25, 0.3) is 16.8 Å². The summed E-state index contributed by atoms with van der Waals surface area (Å²) in [7, 11) is 0. The molecule has 1 spiro atoms. The summed E-state index contributed by atoms with van der Waals surface area (Å²) in [5.74, 6) is 0.455. The van der Waals surface area contributed by atoms with E-state index in [1.165, 1.54) is 18.9 Å². The molecule has 1 amide bonds.